The van der Waals surface area contributed by atoms with Crippen molar-refractivity contribution in [1.29, 1.82) is 0 Å². The van der Waals surface area contributed by atoms with Crippen LogP contribution in [0.3, 0.4) is 0 Å². The summed E-state index contributed by atoms with van der Waals surface area (Å²) in [6, 6.07) is 12.8. The van der Waals surface area contributed by atoms with Crippen molar-refractivity contribution in [3.8, 4) is 0 Å². The van der Waals surface area contributed by atoms with Gasteiger partial charge in [-0.2, -0.15) is 0 Å². The first-order valence-corrected chi connectivity index (χ1v) is 5.15. The van der Waals surface area contributed by atoms with Gasteiger partial charge in [0, 0.05) is 6.20 Å². The van der Waals surface area contributed by atoms with Crippen LogP contribution in [0.4, 0.5) is 5.69 Å². The lowest BCUT2D eigenvalue weighted by atomic mass is 10.3. The molecule has 0 unspecified atom stereocenters. The van der Waals surface area contributed by atoms with Crippen LogP contribution < -0.4 is 5.73 Å². The fraction of sp³-hybridized carbons (Fsp3) is 0. The smallest absolute Gasteiger partial charge is 0.150 e. The van der Waals surface area contributed by atoms with Gasteiger partial charge in [0.25, 0.3) is 0 Å². The summed E-state index contributed by atoms with van der Waals surface area (Å²) in [6.45, 7) is 0. The molecule has 0 fully saturated rings. The summed E-state index contributed by atoms with van der Waals surface area (Å²) in [5.74, 6) is 0.355. The van der Waals surface area contributed by atoms with Crippen molar-refractivity contribution in [2.24, 2.45) is 10.7 Å². The minimum absolute atomic E-state index is 0.355. The second kappa shape index (κ2) is 4.77. The fourth-order valence-corrected chi connectivity index (χ4v) is 1.42. The van der Waals surface area contributed by atoms with E-state index >= 15 is 0 Å². The first kappa shape index (κ1) is 10.6. The van der Waals surface area contributed by atoms with E-state index in [1.54, 1.807) is 24.4 Å². The summed E-state index contributed by atoms with van der Waals surface area (Å²) >= 11 is 5.97. The van der Waals surface area contributed by atoms with Crippen molar-refractivity contribution in [2.45, 2.75) is 0 Å². The van der Waals surface area contributed by atoms with Gasteiger partial charge >= 0.3 is 0 Å². The highest BCUT2D eigenvalue weighted by Gasteiger charge is 2.01. The van der Waals surface area contributed by atoms with E-state index in [9.17, 15) is 0 Å². The molecule has 0 amide bonds. The van der Waals surface area contributed by atoms with Crippen LogP contribution in [-0.4, -0.2) is 10.8 Å². The summed E-state index contributed by atoms with van der Waals surface area (Å²) in [7, 11) is 0. The van der Waals surface area contributed by atoms with Gasteiger partial charge in [0.05, 0.1) is 10.7 Å². The van der Waals surface area contributed by atoms with Gasteiger partial charge in [0.15, 0.2) is 0 Å². The van der Waals surface area contributed by atoms with Gasteiger partial charge in [-0.15, -0.1) is 0 Å². The van der Waals surface area contributed by atoms with E-state index in [4.69, 9.17) is 17.3 Å². The molecule has 0 spiro atoms. The average Bonchev–Trinajstić information content (AvgIpc) is 2.33. The number of para-hydroxylation sites is 1. The third kappa shape index (κ3) is 2.38. The van der Waals surface area contributed by atoms with Crippen LogP contribution in [0.2, 0.25) is 5.02 Å². The van der Waals surface area contributed by atoms with Gasteiger partial charge in [-0.25, -0.2) is 4.99 Å². The molecular weight excluding hydrogens is 222 g/mol. The van der Waals surface area contributed by atoms with Gasteiger partial charge in [0.1, 0.15) is 11.5 Å². The molecule has 2 N–H and O–H groups in total. The summed E-state index contributed by atoms with van der Waals surface area (Å²) in [5, 5.41) is 0.571. The number of pyridine rings is 1. The van der Waals surface area contributed by atoms with Gasteiger partial charge in [-0.1, -0.05) is 29.8 Å². The highest BCUT2D eigenvalue weighted by atomic mass is 35.5. The van der Waals surface area contributed by atoms with Crippen LogP contribution in [0, 0.1) is 0 Å². The Balaban J connectivity index is 2.36. The number of hydrogen-bond donors (Lipinski definition) is 1. The van der Waals surface area contributed by atoms with Crippen LogP contribution in [0.1, 0.15) is 5.69 Å². The van der Waals surface area contributed by atoms with Gasteiger partial charge in [0.2, 0.25) is 0 Å². The standard InChI is InChI=1S/C12H10ClN3/c13-9-5-1-2-6-10(9)16-12(14)11-7-3-4-8-15-11/h1-8H,(H2,14,16). The summed E-state index contributed by atoms with van der Waals surface area (Å²) in [4.78, 5) is 8.33. The lowest BCUT2D eigenvalue weighted by Gasteiger charge is -2.01. The minimum atomic E-state index is 0.355. The lowest BCUT2D eigenvalue weighted by molar-refractivity contribution is 1.27. The number of aliphatic imine (C=N–C) groups is 1. The Bertz CT molecular complexity index is 509. The Kier molecular flexibility index (Phi) is 3.17. The van der Waals surface area contributed by atoms with Crippen molar-refractivity contribution >= 4 is 23.1 Å². The molecule has 0 saturated carbocycles. The van der Waals surface area contributed by atoms with E-state index in [-0.39, 0.29) is 0 Å². The molecule has 2 aromatic rings. The van der Waals surface area contributed by atoms with Crippen LogP contribution in [0.15, 0.2) is 53.7 Å². The minimum Gasteiger partial charge on any atom is -0.382 e. The number of halogens is 1. The van der Waals surface area contributed by atoms with Crippen molar-refractivity contribution in [2.75, 3.05) is 0 Å². The highest BCUT2D eigenvalue weighted by molar-refractivity contribution is 6.33. The second-order valence-corrected chi connectivity index (χ2v) is 3.57. The Morgan fingerprint density at radius 3 is 2.56 bits per heavy atom. The molecule has 0 atom stereocenters. The maximum atomic E-state index is 5.97. The number of nitrogens with zero attached hydrogens (tertiary/aromatic N) is 2. The largest absolute Gasteiger partial charge is 0.382 e. The number of aromatic nitrogens is 1. The average molecular weight is 232 g/mol. The quantitative estimate of drug-likeness (QED) is 0.638. The zero-order valence-electron chi connectivity index (χ0n) is 8.47. The number of benzene rings is 1. The molecule has 1 aromatic heterocycles. The third-order valence-corrected chi connectivity index (χ3v) is 2.34. The first-order chi connectivity index (χ1) is 7.77. The van der Waals surface area contributed by atoms with Gasteiger partial charge in [-0.05, 0) is 24.3 Å². The normalized spacial score (nSPS) is 11.4. The third-order valence-electron chi connectivity index (χ3n) is 2.02. The topological polar surface area (TPSA) is 51.3 Å². The Labute approximate surface area is 98.6 Å². The van der Waals surface area contributed by atoms with Gasteiger partial charge < -0.3 is 5.73 Å². The molecule has 0 saturated heterocycles. The zero-order valence-corrected chi connectivity index (χ0v) is 9.22. The molecule has 4 heteroatoms. The molecule has 0 aliphatic carbocycles. The van der Waals surface area contributed by atoms with Crippen molar-refractivity contribution in [3.63, 3.8) is 0 Å². The van der Waals surface area contributed by atoms with Crippen LogP contribution in [0.5, 0.6) is 0 Å². The Hall–Kier alpha value is -1.87. The van der Waals surface area contributed by atoms with Crippen molar-refractivity contribution in [1.82, 2.24) is 4.98 Å². The highest BCUT2D eigenvalue weighted by Crippen LogP contribution is 2.23. The monoisotopic (exact) mass is 231 g/mol. The van der Waals surface area contributed by atoms with E-state index in [0.29, 0.717) is 22.2 Å². The number of rotatable bonds is 2. The maximum absolute atomic E-state index is 5.97. The lowest BCUT2D eigenvalue weighted by Crippen LogP contribution is -2.14. The zero-order chi connectivity index (χ0) is 11.4. The number of amidine groups is 1. The number of hydrogen-bond acceptors (Lipinski definition) is 2. The van der Waals surface area contributed by atoms with Crippen molar-refractivity contribution in [3.05, 3.63) is 59.4 Å². The van der Waals surface area contributed by atoms with Crippen LogP contribution in [0.25, 0.3) is 0 Å². The van der Waals surface area contributed by atoms with Crippen LogP contribution in [-0.2, 0) is 0 Å². The van der Waals surface area contributed by atoms with E-state index < -0.39 is 0 Å². The van der Waals surface area contributed by atoms with Crippen LogP contribution >= 0.6 is 11.6 Å². The predicted octanol–water partition coefficient (Wildman–Crippen LogP) is 2.77. The molecule has 2 rings (SSSR count). The molecule has 0 aliphatic heterocycles. The molecular formula is C12H10ClN3. The molecule has 3 nitrogen and oxygen atoms in total. The molecule has 80 valence electrons. The summed E-state index contributed by atoms with van der Waals surface area (Å²) < 4.78 is 0. The predicted molar refractivity (Wildman–Crippen MR) is 66.1 cm³/mol. The van der Waals surface area contributed by atoms with E-state index in [1.165, 1.54) is 0 Å². The molecule has 16 heavy (non-hydrogen) atoms. The van der Waals surface area contributed by atoms with E-state index in [2.05, 4.69) is 9.98 Å². The molecule has 0 aliphatic rings. The van der Waals surface area contributed by atoms with E-state index in [0.717, 1.165) is 0 Å². The SMILES string of the molecule is NC(=Nc1ccccc1Cl)c1ccccn1. The fourth-order valence-electron chi connectivity index (χ4n) is 1.24. The Morgan fingerprint density at radius 2 is 1.88 bits per heavy atom. The second-order valence-electron chi connectivity index (χ2n) is 3.16. The summed E-state index contributed by atoms with van der Waals surface area (Å²) in [6.07, 6.45) is 1.67. The molecule has 1 aromatic carbocycles. The molecule has 0 bridgehead atoms. The van der Waals surface area contributed by atoms with Gasteiger partial charge in [-0.3, -0.25) is 4.98 Å². The molecule has 1 heterocycles. The maximum Gasteiger partial charge on any atom is 0.150 e. The first-order valence-electron chi connectivity index (χ1n) is 4.77. The Morgan fingerprint density at radius 1 is 1.12 bits per heavy atom. The number of nitrogens with two attached hydrogens (primary N) is 1. The van der Waals surface area contributed by atoms with E-state index in [1.807, 2.05) is 24.3 Å². The van der Waals surface area contributed by atoms with Crippen molar-refractivity contribution < 1.29 is 0 Å². The molecule has 0 radical (unpaired) electrons. The summed E-state index contributed by atoms with van der Waals surface area (Å²) in [5.41, 5.74) is 7.11.